The van der Waals surface area contributed by atoms with Crippen molar-refractivity contribution in [3.63, 3.8) is 0 Å². The Morgan fingerprint density at radius 1 is 0.667 bits per heavy atom. The summed E-state index contributed by atoms with van der Waals surface area (Å²) in [5.74, 6) is 0. The molecule has 0 amide bonds. The topological polar surface area (TPSA) is 229 Å². The summed E-state index contributed by atoms with van der Waals surface area (Å²) in [6.45, 7) is 0. The molecule has 0 fully saturated rings. The van der Waals surface area contributed by atoms with Crippen molar-refractivity contribution in [1.82, 2.24) is 35.0 Å². The van der Waals surface area contributed by atoms with E-state index in [-0.39, 0.29) is 9.79 Å². The zero-order valence-electron chi connectivity index (χ0n) is 19.5. The summed E-state index contributed by atoms with van der Waals surface area (Å²) in [7, 11) is -8.69. The second kappa shape index (κ2) is 9.73. The van der Waals surface area contributed by atoms with Crippen molar-refractivity contribution in [1.29, 1.82) is 0 Å². The van der Waals surface area contributed by atoms with Crippen LogP contribution in [0.4, 0.5) is 0 Å². The number of nitrogens with zero attached hydrogens (tertiary/aromatic N) is 7. The van der Waals surface area contributed by atoms with Gasteiger partial charge in [-0.15, -0.1) is 10.2 Å². The molecule has 0 aliphatic carbocycles. The number of pyridine rings is 1. The maximum absolute atomic E-state index is 11.3. The van der Waals surface area contributed by atoms with Crippen LogP contribution in [-0.4, -0.2) is 66.0 Å². The van der Waals surface area contributed by atoms with Crippen LogP contribution in [0.5, 0.6) is 0 Å². The highest BCUT2D eigenvalue weighted by atomic mass is 32.2. The molecular weight excluding hydrogens is 552 g/mol. The van der Waals surface area contributed by atoms with Crippen LogP contribution in [-0.2, 0) is 20.2 Å². The summed E-state index contributed by atoms with van der Waals surface area (Å²) in [6.07, 6.45) is 1.69. The Bertz CT molecular complexity index is 1750. The lowest BCUT2D eigenvalue weighted by molar-refractivity contribution is 0.186. The summed E-state index contributed by atoms with van der Waals surface area (Å²) < 4.78 is 66.1. The number of aromatic nitrogens is 7. The molecule has 3 heterocycles. The molecule has 2 aromatic carbocycles. The molecule has 1 atom stereocenters. The third-order valence-electron chi connectivity index (χ3n) is 5.50. The van der Waals surface area contributed by atoms with Crippen LogP contribution in [0.25, 0.3) is 34.2 Å². The first-order valence-corrected chi connectivity index (χ1v) is 13.7. The maximum Gasteiger partial charge on any atom is 0.294 e. The van der Waals surface area contributed by atoms with E-state index >= 15 is 0 Å². The van der Waals surface area contributed by atoms with Crippen molar-refractivity contribution >= 4 is 20.2 Å². The van der Waals surface area contributed by atoms with Crippen LogP contribution in [0.1, 0.15) is 11.8 Å². The van der Waals surface area contributed by atoms with Crippen molar-refractivity contribution < 1.29 is 31.0 Å². The highest BCUT2D eigenvalue weighted by Crippen LogP contribution is 2.26. The lowest BCUT2D eigenvalue weighted by Crippen LogP contribution is -2.09. The highest BCUT2D eigenvalue weighted by Gasteiger charge is 2.17. The monoisotopic (exact) mass is 570 g/mol. The molecule has 5 N–H and O–H groups in total. The average Bonchev–Trinajstić information content (AvgIpc) is 3.58. The molecule has 3 aromatic heterocycles. The predicted molar refractivity (Wildman–Crippen MR) is 134 cm³/mol. The number of hydrogen-bond acceptors (Lipinski definition) is 11. The zero-order valence-corrected chi connectivity index (χ0v) is 21.1. The molecule has 17 heteroatoms. The van der Waals surface area contributed by atoms with E-state index < -0.39 is 26.5 Å². The molecule has 0 aliphatic rings. The van der Waals surface area contributed by atoms with Gasteiger partial charge in [-0.25, -0.2) is 14.3 Å². The molecule has 5 aromatic rings. The van der Waals surface area contributed by atoms with E-state index in [9.17, 15) is 21.9 Å². The van der Waals surface area contributed by atoms with Gasteiger partial charge in [0.25, 0.3) is 20.2 Å². The number of aliphatic hydroxyl groups excluding tert-OH is 1. The van der Waals surface area contributed by atoms with E-state index in [1.165, 1.54) is 82.4 Å². The van der Waals surface area contributed by atoms with E-state index in [1.54, 1.807) is 0 Å². The fraction of sp³-hybridized carbons (Fsp3) is 0.0455. The normalized spacial score (nSPS) is 12.9. The highest BCUT2D eigenvalue weighted by molar-refractivity contribution is 7.86. The minimum absolute atomic E-state index is 0.273. The van der Waals surface area contributed by atoms with Crippen LogP contribution < -0.4 is 5.73 Å². The summed E-state index contributed by atoms with van der Waals surface area (Å²) in [6, 6.07) is 13.6. The molecule has 0 bridgehead atoms. The van der Waals surface area contributed by atoms with Gasteiger partial charge in [-0.1, -0.05) is 10.4 Å². The third-order valence-corrected chi connectivity index (χ3v) is 7.23. The molecule has 39 heavy (non-hydrogen) atoms. The Morgan fingerprint density at radius 2 is 1.05 bits per heavy atom. The Morgan fingerprint density at radius 3 is 1.38 bits per heavy atom. The van der Waals surface area contributed by atoms with E-state index in [1.807, 2.05) is 0 Å². The predicted octanol–water partition coefficient (Wildman–Crippen LogP) is 1.02. The summed E-state index contributed by atoms with van der Waals surface area (Å²) >= 11 is 0. The summed E-state index contributed by atoms with van der Waals surface area (Å²) in [5, 5.41) is 26.3. The van der Waals surface area contributed by atoms with Gasteiger partial charge in [-0.3, -0.25) is 9.11 Å². The fourth-order valence-corrected chi connectivity index (χ4v) is 4.50. The number of rotatable bonds is 7. The molecule has 0 spiro atoms. The number of hydrogen-bond donors (Lipinski definition) is 4. The van der Waals surface area contributed by atoms with Crippen LogP contribution in [0, 0.1) is 0 Å². The van der Waals surface area contributed by atoms with Gasteiger partial charge in [0.15, 0.2) is 0 Å². The standard InChI is InChI=1S/C22H18N8O7S2/c23-22(31)13-9-18(20-11-29(27-25-20)14-1-5-16(6-2-14)38(32,33)34)24-19(10-13)21-12-30(28-26-21)15-3-7-17(8-4-15)39(35,36)37/h1-12,22,31H,23H2,(H,32,33,34)(H,35,36,37). The number of nitrogens with two attached hydrogens (primary N) is 1. The van der Waals surface area contributed by atoms with Crippen molar-refractivity contribution in [2.24, 2.45) is 5.73 Å². The first-order chi connectivity index (χ1) is 18.4. The van der Waals surface area contributed by atoms with Crippen molar-refractivity contribution in [3.8, 4) is 34.2 Å². The van der Waals surface area contributed by atoms with E-state index in [4.69, 9.17) is 14.8 Å². The first-order valence-electron chi connectivity index (χ1n) is 10.9. The third kappa shape index (κ3) is 5.58. The van der Waals surface area contributed by atoms with Crippen molar-refractivity contribution in [3.05, 3.63) is 78.6 Å². The SMILES string of the molecule is NC(O)c1cc(-c2cn(-c3ccc(S(=O)(=O)O)cc3)nn2)nc(-c2cn(-c3ccc(S(=O)(=O)O)cc3)nn2)c1. The van der Waals surface area contributed by atoms with Gasteiger partial charge in [0.1, 0.15) is 17.6 Å². The average molecular weight is 571 g/mol. The quantitative estimate of drug-likeness (QED) is 0.158. The van der Waals surface area contributed by atoms with Gasteiger partial charge < -0.3 is 10.8 Å². The van der Waals surface area contributed by atoms with E-state index in [0.29, 0.717) is 39.7 Å². The lowest BCUT2D eigenvalue weighted by Gasteiger charge is -2.08. The molecule has 200 valence electrons. The Labute approximate surface area is 220 Å². The Hall–Kier alpha value is -4.39. The Kier molecular flexibility index (Phi) is 6.54. The van der Waals surface area contributed by atoms with Gasteiger partial charge in [0.05, 0.1) is 44.9 Å². The van der Waals surface area contributed by atoms with Crippen LogP contribution in [0.2, 0.25) is 0 Å². The summed E-state index contributed by atoms with van der Waals surface area (Å²) in [5.41, 5.74) is 8.10. The minimum atomic E-state index is -4.35. The van der Waals surface area contributed by atoms with Crippen LogP contribution in [0.15, 0.2) is 82.8 Å². The fourth-order valence-electron chi connectivity index (χ4n) is 3.54. The van der Waals surface area contributed by atoms with Gasteiger partial charge in [-0.2, -0.15) is 16.8 Å². The second-order valence-electron chi connectivity index (χ2n) is 8.15. The van der Waals surface area contributed by atoms with Gasteiger partial charge in [0, 0.05) is 0 Å². The van der Waals surface area contributed by atoms with Gasteiger partial charge in [-0.05, 0) is 66.2 Å². The van der Waals surface area contributed by atoms with Crippen LogP contribution in [0.3, 0.4) is 0 Å². The van der Waals surface area contributed by atoms with Gasteiger partial charge in [0.2, 0.25) is 0 Å². The molecule has 1 unspecified atom stereocenters. The molecule has 0 saturated carbocycles. The molecule has 5 rings (SSSR count). The van der Waals surface area contributed by atoms with E-state index in [0.717, 1.165) is 0 Å². The molecule has 0 saturated heterocycles. The second-order valence-corrected chi connectivity index (χ2v) is 11.0. The largest absolute Gasteiger partial charge is 0.375 e. The number of aliphatic hydroxyl groups is 1. The van der Waals surface area contributed by atoms with Gasteiger partial charge >= 0.3 is 0 Å². The minimum Gasteiger partial charge on any atom is -0.375 e. The molecule has 0 aliphatic heterocycles. The molecule has 0 radical (unpaired) electrons. The zero-order chi connectivity index (χ0) is 27.9. The van der Waals surface area contributed by atoms with Crippen molar-refractivity contribution in [2.45, 2.75) is 16.0 Å². The Balaban J connectivity index is 1.48. The smallest absolute Gasteiger partial charge is 0.294 e. The number of benzene rings is 2. The van der Waals surface area contributed by atoms with Crippen LogP contribution >= 0.6 is 0 Å². The van der Waals surface area contributed by atoms with Crippen molar-refractivity contribution in [2.75, 3.05) is 0 Å². The maximum atomic E-state index is 11.3. The van der Waals surface area contributed by atoms with E-state index in [2.05, 4.69) is 25.6 Å². The molecular formula is C22H18N8O7S2. The molecule has 15 nitrogen and oxygen atoms in total. The lowest BCUT2D eigenvalue weighted by atomic mass is 10.1. The first kappa shape index (κ1) is 26.2. The summed E-state index contributed by atoms with van der Waals surface area (Å²) in [4.78, 5) is 3.99.